The molecule has 0 fully saturated rings. The number of nitrogens with zero attached hydrogens (tertiary/aromatic N) is 3. The summed E-state index contributed by atoms with van der Waals surface area (Å²) in [4.78, 5) is 19.7. The Kier molecular flexibility index (Phi) is 2.45. The third-order valence-electron chi connectivity index (χ3n) is 2.44. The topological polar surface area (TPSA) is 80.9 Å². The Morgan fingerprint density at radius 3 is 2.83 bits per heavy atom. The summed E-state index contributed by atoms with van der Waals surface area (Å²) in [6, 6.07) is 5.27. The minimum absolute atomic E-state index is 0.285. The first kappa shape index (κ1) is 10.4. The van der Waals surface area contributed by atoms with Gasteiger partial charge in [0.15, 0.2) is 5.58 Å². The first-order valence-corrected chi connectivity index (χ1v) is 5.24. The first-order chi connectivity index (χ1) is 8.84. The third kappa shape index (κ3) is 1.80. The zero-order valence-electron chi connectivity index (χ0n) is 9.20. The lowest BCUT2D eigenvalue weighted by Gasteiger charge is -2.03. The van der Waals surface area contributed by atoms with E-state index in [1.807, 2.05) is 6.07 Å². The largest absolute Gasteiger partial charge is 0.355 e. The van der Waals surface area contributed by atoms with E-state index >= 15 is 0 Å². The Morgan fingerprint density at radius 2 is 2.00 bits per heavy atom. The summed E-state index contributed by atoms with van der Waals surface area (Å²) in [5.41, 5.74) is 1.42. The fraction of sp³-hybridized carbons (Fsp3) is 0. The van der Waals surface area contributed by atoms with Crippen molar-refractivity contribution < 1.29 is 9.32 Å². The SMILES string of the molecule is O=C(Nc1cncnc1)c1cccc2cnoc12. The van der Waals surface area contributed by atoms with E-state index in [0.717, 1.165) is 5.39 Å². The number of aromatic nitrogens is 3. The van der Waals surface area contributed by atoms with Gasteiger partial charge in [0.05, 0.1) is 29.8 Å². The number of carbonyl (C=O) groups is 1. The molecule has 0 aliphatic carbocycles. The molecule has 0 unspecified atom stereocenters. The molecule has 3 rings (SSSR count). The lowest BCUT2D eigenvalue weighted by Crippen LogP contribution is -2.12. The number of hydrogen-bond acceptors (Lipinski definition) is 5. The van der Waals surface area contributed by atoms with Crippen molar-refractivity contribution in [3.05, 3.63) is 48.7 Å². The molecule has 6 heteroatoms. The maximum atomic E-state index is 12.1. The van der Waals surface area contributed by atoms with Crippen molar-refractivity contribution in [1.82, 2.24) is 15.1 Å². The second kappa shape index (κ2) is 4.25. The summed E-state index contributed by atoms with van der Waals surface area (Å²) in [5, 5.41) is 7.14. The van der Waals surface area contributed by atoms with Crippen LogP contribution in [0.1, 0.15) is 10.4 Å². The number of hydrogen-bond donors (Lipinski definition) is 1. The molecule has 1 amide bonds. The molecule has 0 aliphatic rings. The first-order valence-electron chi connectivity index (χ1n) is 5.24. The molecular weight excluding hydrogens is 232 g/mol. The average molecular weight is 240 g/mol. The monoisotopic (exact) mass is 240 g/mol. The van der Waals surface area contributed by atoms with Gasteiger partial charge in [-0.1, -0.05) is 11.2 Å². The van der Waals surface area contributed by atoms with Crippen molar-refractivity contribution in [2.75, 3.05) is 5.32 Å². The third-order valence-corrected chi connectivity index (χ3v) is 2.44. The van der Waals surface area contributed by atoms with E-state index in [-0.39, 0.29) is 5.91 Å². The van der Waals surface area contributed by atoms with Crippen molar-refractivity contribution in [3.63, 3.8) is 0 Å². The van der Waals surface area contributed by atoms with Crippen LogP contribution in [0.2, 0.25) is 0 Å². The highest BCUT2D eigenvalue weighted by atomic mass is 16.5. The Labute approximate surface area is 102 Å². The lowest BCUT2D eigenvalue weighted by molar-refractivity contribution is 0.102. The number of anilines is 1. The van der Waals surface area contributed by atoms with Gasteiger partial charge >= 0.3 is 0 Å². The van der Waals surface area contributed by atoms with Gasteiger partial charge in [0.2, 0.25) is 0 Å². The quantitative estimate of drug-likeness (QED) is 0.739. The summed E-state index contributed by atoms with van der Waals surface area (Å²) >= 11 is 0. The van der Waals surface area contributed by atoms with Crippen LogP contribution in [0.5, 0.6) is 0 Å². The summed E-state index contributed by atoms with van der Waals surface area (Å²) in [6.07, 6.45) is 6.00. The predicted octanol–water partition coefficient (Wildman–Crippen LogP) is 1.87. The number of carbonyl (C=O) groups excluding carboxylic acids is 1. The zero-order chi connectivity index (χ0) is 12.4. The summed E-state index contributed by atoms with van der Waals surface area (Å²) in [5.74, 6) is -0.285. The van der Waals surface area contributed by atoms with Crippen LogP contribution in [0, 0.1) is 0 Å². The summed E-state index contributed by atoms with van der Waals surface area (Å²) < 4.78 is 5.07. The van der Waals surface area contributed by atoms with Crippen molar-refractivity contribution >= 4 is 22.6 Å². The number of rotatable bonds is 2. The van der Waals surface area contributed by atoms with E-state index in [1.54, 1.807) is 18.3 Å². The Hall–Kier alpha value is -2.76. The molecule has 18 heavy (non-hydrogen) atoms. The van der Waals surface area contributed by atoms with E-state index in [0.29, 0.717) is 16.8 Å². The second-order valence-corrected chi connectivity index (χ2v) is 3.63. The highest BCUT2D eigenvalue weighted by Crippen LogP contribution is 2.19. The van der Waals surface area contributed by atoms with Crippen LogP contribution in [0.4, 0.5) is 5.69 Å². The van der Waals surface area contributed by atoms with Crippen molar-refractivity contribution in [2.24, 2.45) is 0 Å². The summed E-state index contributed by atoms with van der Waals surface area (Å²) in [7, 11) is 0. The van der Waals surface area contributed by atoms with E-state index in [4.69, 9.17) is 4.52 Å². The normalized spacial score (nSPS) is 10.4. The Balaban J connectivity index is 1.95. The molecule has 0 radical (unpaired) electrons. The minimum atomic E-state index is -0.285. The van der Waals surface area contributed by atoms with Gasteiger partial charge in [0, 0.05) is 5.39 Å². The zero-order valence-corrected chi connectivity index (χ0v) is 9.20. The molecule has 2 aromatic heterocycles. The minimum Gasteiger partial charge on any atom is -0.355 e. The van der Waals surface area contributed by atoms with Crippen LogP contribution in [0.15, 0.2) is 47.6 Å². The average Bonchev–Trinajstić information content (AvgIpc) is 2.87. The predicted molar refractivity (Wildman–Crippen MR) is 64.0 cm³/mol. The van der Waals surface area contributed by atoms with Crippen LogP contribution >= 0.6 is 0 Å². The maximum Gasteiger partial charge on any atom is 0.259 e. The molecule has 1 aromatic carbocycles. The van der Waals surface area contributed by atoms with Crippen molar-refractivity contribution in [3.8, 4) is 0 Å². The van der Waals surface area contributed by atoms with Gasteiger partial charge in [-0.05, 0) is 12.1 Å². The molecule has 0 saturated carbocycles. The molecule has 0 spiro atoms. The van der Waals surface area contributed by atoms with Gasteiger partial charge in [0.25, 0.3) is 5.91 Å². The van der Waals surface area contributed by atoms with E-state index in [2.05, 4.69) is 20.4 Å². The summed E-state index contributed by atoms with van der Waals surface area (Å²) in [6.45, 7) is 0. The molecule has 2 heterocycles. The van der Waals surface area contributed by atoms with Gasteiger partial charge in [-0.15, -0.1) is 0 Å². The molecule has 0 saturated heterocycles. The molecule has 0 bridgehead atoms. The highest BCUT2D eigenvalue weighted by molar-refractivity contribution is 6.11. The molecule has 3 aromatic rings. The van der Waals surface area contributed by atoms with Crippen LogP contribution in [0.3, 0.4) is 0 Å². The Bertz CT molecular complexity index is 693. The molecule has 88 valence electrons. The highest BCUT2D eigenvalue weighted by Gasteiger charge is 2.13. The molecule has 0 aliphatic heterocycles. The smallest absolute Gasteiger partial charge is 0.259 e. The number of para-hydroxylation sites is 1. The second-order valence-electron chi connectivity index (χ2n) is 3.63. The van der Waals surface area contributed by atoms with E-state index < -0.39 is 0 Å². The standard InChI is InChI=1S/C12H8N4O2/c17-12(16-9-5-13-7-14-6-9)10-3-1-2-8-4-15-18-11(8)10/h1-7H,(H,16,17). The maximum absolute atomic E-state index is 12.1. The van der Waals surface area contributed by atoms with Crippen LogP contribution in [-0.4, -0.2) is 21.0 Å². The molecule has 6 nitrogen and oxygen atoms in total. The van der Waals surface area contributed by atoms with E-state index in [9.17, 15) is 4.79 Å². The van der Waals surface area contributed by atoms with Gasteiger partial charge in [-0.3, -0.25) is 4.79 Å². The molecule has 1 N–H and O–H groups in total. The van der Waals surface area contributed by atoms with E-state index in [1.165, 1.54) is 18.7 Å². The van der Waals surface area contributed by atoms with Crippen LogP contribution < -0.4 is 5.32 Å². The number of benzene rings is 1. The fourth-order valence-electron chi connectivity index (χ4n) is 1.64. The fourth-order valence-corrected chi connectivity index (χ4v) is 1.64. The van der Waals surface area contributed by atoms with Crippen molar-refractivity contribution in [1.29, 1.82) is 0 Å². The number of amides is 1. The van der Waals surface area contributed by atoms with Gasteiger partial charge in [-0.25, -0.2) is 9.97 Å². The van der Waals surface area contributed by atoms with Crippen LogP contribution in [0.25, 0.3) is 11.0 Å². The van der Waals surface area contributed by atoms with Crippen LogP contribution in [-0.2, 0) is 0 Å². The Morgan fingerprint density at radius 1 is 1.17 bits per heavy atom. The molecule has 0 atom stereocenters. The lowest BCUT2D eigenvalue weighted by atomic mass is 10.1. The molecular formula is C12H8N4O2. The van der Waals surface area contributed by atoms with Gasteiger partial charge < -0.3 is 9.84 Å². The van der Waals surface area contributed by atoms with Gasteiger partial charge in [-0.2, -0.15) is 0 Å². The number of nitrogens with one attached hydrogen (secondary N) is 1. The van der Waals surface area contributed by atoms with Crippen molar-refractivity contribution in [2.45, 2.75) is 0 Å². The number of fused-ring (bicyclic) bond motifs is 1. The van der Waals surface area contributed by atoms with Gasteiger partial charge in [0.1, 0.15) is 6.33 Å².